The second-order valence-electron chi connectivity index (χ2n) is 4.15. The van der Waals surface area contributed by atoms with Crippen molar-refractivity contribution in [3.63, 3.8) is 0 Å². The summed E-state index contributed by atoms with van der Waals surface area (Å²) in [6.45, 7) is 0. The van der Waals surface area contributed by atoms with Crippen LogP contribution in [0.15, 0.2) is 22.7 Å². The first-order valence-corrected chi connectivity index (χ1v) is 6.71. The highest BCUT2D eigenvalue weighted by Crippen LogP contribution is 2.25. The second-order valence-corrected chi connectivity index (χ2v) is 5.57. The third-order valence-corrected chi connectivity index (χ3v) is 4.10. The van der Waals surface area contributed by atoms with Gasteiger partial charge < -0.3 is 5.32 Å². The van der Waals surface area contributed by atoms with Crippen molar-refractivity contribution in [3.8, 4) is 0 Å². The molecule has 92 valence electrons. The third kappa shape index (κ3) is 2.99. The van der Waals surface area contributed by atoms with E-state index in [2.05, 4.69) is 21.2 Å². The van der Waals surface area contributed by atoms with Gasteiger partial charge in [0, 0.05) is 10.5 Å². The van der Waals surface area contributed by atoms with E-state index in [4.69, 9.17) is 11.6 Å². The molecular weight excluding hydrogens is 308 g/mol. The van der Waals surface area contributed by atoms with Gasteiger partial charge in [0.15, 0.2) is 0 Å². The number of alkyl halides is 1. The van der Waals surface area contributed by atoms with Gasteiger partial charge in [-0.2, -0.15) is 0 Å². The molecule has 1 aliphatic rings. The van der Waals surface area contributed by atoms with Gasteiger partial charge in [0.2, 0.25) is 0 Å². The minimum Gasteiger partial charge on any atom is -0.348 e. The number of halogens is 3. The molecule has 1 aromatic rings. The van der Waals surface area contributed by atoms with Crippen LogP contribution < -0.4 is 5.32 Å². The Morgan fingerprint density at radius 3 is 2.82 bits per heavy atom. The van der Waals surface area contributed by atoms with E-state index in [1.54, 1.807) is 0 Å². The largest absolute Gasteiger partial charge is 0.348 e. The molecule has 2 atom stereocenters. The van der Waals surface area contributed by atoms with E-state index in [-0.39, 0.29) is 23.1 Å². The lowest BCUT2D eigenvalue weighted by atomic mass is 10.2. The van der Waals surface area contributed by atoms with Crippen LogP contribution in [-0.2, 0) is 0 Å². The van der Waals surface area contributed by atoms with E-state index in [1.165, 1.54) is 18.2 Å². The average Bonchev–Trinajstić information content (AvgIpc) is 2.64. The SMILES string of the molecule is O=C(NC1CCCC1Cl)c1ccc(F)cc1Br. The molecule has 0 radical (unpaired) electrons. The normalized spacial score (nSPS) is 23.7. The standard InChI is InChI=1S/C12H12BrClFNO/c13-9-6-7(15)4-5-8(9)12(17)16-11-3-1-2-10(11)14/h4-6,10-11H,1-3H2,(H,16,17). The Bertz CT molecular complexity index is 441. The van der Waals surface area contributed by atoms with Gasteiger partial charge in [-0.15, -0.1) is 11.6 Å². The van der Waals surface area contributed by atoms with Crippen LogP contribution in [-0.4, -0.2) is 17.3 Å². The fourth-order valence-corrected chi connectivity index (χ4v) is 2.87. The zero-order valence-corrected chi connectivity index (χ0v) is 11.4. The van der Waals surface area contributed by atoms with Gasteiger partial charge in [0.1, 0.15) is 5.82 Å². The number of amides is 1. The fraction of sp³-hybridized carbons (Fsp3) is 0.417. The summed E-state index contributed by atoms with van der Waals surface area (Å²) in [5.41, 5.74) is 0.433. The van der Waals surface area contributed by atoms with Gasteiger partial charge in [-0.1, -0.05) is 0 Å². The first kappa shape index (κ1) is 12.8. The van der Waals surface area contributed by atoms with Crippen LogP contribution in [0.25, 0.3) is 0 Å². The van der Waals surface area contributed by atoms with Gasteiger partial charge in [0.25, 0.3) is 5.91 Å². The van der Waals surface area contributed by atoms with E-state index in [0.717, 1.165) is 19.3 Å². The molecule has 0 bridgehead atoms. The minimum absolute atomic E-state index is 0.00169. The maximum Gasteiger partial charge on any atom is 0.252 e. The Morgan fingerprint density at radius 1 is 1.47 bits per heavy atom. The van der Waals surface area contributed by atoms with Crippen LogP contribution in [0.3, 0.4) is 0 Å². The lowest BCUT2D eigenvalue weighted by Crippen LogP contribution is -2.38. The minimum atomic E-state index is -0.371. The van der Waals surface area contributed by atoms with E-state index >= 15 is 0 Å². The highest BCUT2D eigenvalue weighted by molar-refractivity contribution is 9.10. The van der Waals surface area contributed by atoms with Gasteiger partial charge in [-0.25, -0.2) is 4.39 Å². The van der Waals surface area contributed by atoms with Crippen molar-refractivity contribution >= 4 is 33.4 Å². The summed E-state index contributed by atoms with van der Waals surface area (Å²) in [6.07, 6.45) is 2.86. The number of rotatable bonds is 2. The Balaban J connectivity index is 2.09. The number of hydrogen-bond acceptors (Lipinski definition) is 1. The van der Waals surface area contributed by atoms with Crippen LogP contribution in [0.2, 0.25) is 0 Å². The number of hydrogen-bond donors (Lipinski definition) is 1. The first-order valence-electron chi connectivity index (χ1n) is 5.48. The summed E-state index contributed by atoms with van der Waals surface area (Å²) >= 11 is 9.27. The van der Waals surface area contributed by atoms with Crippen molar-refractivity contribution in [2.75, 3.05) is 0 Å². The molecule has 0 aliphatic heterocycles. The lowest BCUT2D eigenvalue weighted by Gasteiger charge is -2.16. The quantitative estimate of drug-likeness (QED) is 0.831. The van der Waals surface area contributed by atoms with Gasteiger partial charge in [-0.05, 0) is 53.4 Å². The van der Waals surface area contributed by atoms with Crippen LogP contribution in [0, 0.1) is 5.82 Å². The molecule has 1 aromatic carbocycles. The maximum absolute atomic E-state index is 12.9. The average molecular weight is 321 g/mol. The van der Waals surface area contributed by atoms with Crippen LogP contribution >= 0.6 is 27.5 Å². The van der Waals surface area contributed by atoms with E-state index in [0.29, 0.717) is 10.0 Å². The summed E-state index contributed by atoms with van der Waals surface area (Å²) in [7, 11) is 0. The molecule has 2 nitrogen and oxygen atoms in total. The van der Waals surface area contributed by atoms with Gasteiger partial charge in [-0.3, -0.25) is 4.79 Å². The molecular formula is C12H12BrClFNO. The molecule has 17 heavy (non-hydrogen) atoms. The molecule has 1 amide bonds. The van der Waals surface area contributed by atoms with E-state index in [1.807, 2.05) is 0 Å². The lowest BCUT2D eigenvalue weighted by molar-refractivity contribution is 0.0937. The molecule has 1 N–H and O–H groups in total. The van der Waals surface area contributed by atoms with E-state index < -0.39 is 0 Å². The molecule has 0 saturated heterocycles. The van der Waals surface area contributed by atoms with Gasteiger partial charge >= 0.3 is 0 Å². The molecule has 2 rings (SSSR count). The second kappa shape index (κ2) is 5.36. The molecule has 1 fully saturated rings. The van der Waals surface area contributed by atoms with Crippen molar-refractivity contribution in [1.82, 2.24) is 5.32 Å². The molecule has 0 heterocycles. The third-order valence-electron chi connectivity index (χ3n) is 2.92. The summed E-state index contributed by atoms with van der Waals surface area (Å²) in [5.74, 6) is -0.584. The van der Waals surface area contributed by atoms with Crippen molar-refractivity contribution in [3.05, 3.63) is 34.1 Å². The predicted molar refractivity (Wildman–Crippen MR) is 68.8 cm³/mol. The van der Waals surface area contributed by atoms with Crippen molar-refractivity contribution in [2.24, 2.45) is 0 Å². The molecule has 1 aliphatic carbocycles. The Morgan fingerprint density at radius 2 is 2.24 bits per heavy atom. The zero-order chi connectivity index (χ0) is 12.4. The highest BCUT2D eigenvalue weighted by Gasteiger charge is 2.27. The fourth-order valence-electron chi connectivity index (χ4n) is 2.00. The Kier molecular flexibility index (Phi) is 4.05. The molecule has 2 unspecified atom stereocenters. The summed E-state index contributed by atoms with van der Waals surface area (Å²) in [5, 5.41) is 2.88. The summed E-state index contributed by atoms with van der Waals surface area (Å²) in [6, 6.07) is 4.03. The number of benzene rings is 1. The van der Waals surface area contributed by atoms with Crippen LogP contribution in [0.5, 0.6) is 0 Å². The molecule has 1 saturated carbocycles. The predicted octanol–water partition coefficient (Wildman–Crippen LogP) is 3.48. The number of carbonyl (C=O) groups is 1. The maximum atomic E-state index is 12.9. The molecule has 5 heteroatoms. The monoisotopic (exact) mass is 319 g/mol. The summed E-state index contributed by atoms with van der Waals surface area (Å²) in [4.78, 5) is 12.0. The van der Waals surface area contributed by atoms with Crippen molar-refractivity contribution in [1.29, 1.82) is 0 Å². The molecule has 0 spiro atoms. The highest BCUT2D eigenvalue weighted by atomic mass is 79.9. The van der Waals surface area contributed by atoms with Crippen LogP contribution in [0.1, 0.15) is 29.6 Å². The first-order chi connectivity index (χ1) is 8.08. The number of nitrogens with one attached hydrogen (secondary N) is 1. The van der Waals surface area contributed by atoms with Gasteiger partial charge in [0.05, 0.1) is 10.9 Å². The van der Waals surface area contributed by atoms with E-state index in [9.17, 15) is 9.18 Å². The summed E-state index contributed by atoms with van der Waals surface area (Å²) < 4.78 is 13.4. The van der Waals surface area contributed by atoms with Crippen molar-refractivity contribution < 1.29 is 9.18 Å². The van der Waals surface area contributed by atoms with Crippen molar-refractivity contribution in [2.45, 2.75) is 30.7 Å². The van der Waals surface area contributed by atoms with Crippen LogP contribution in [0.4, 0.5) is 4.39 Å². The smallest absolute Gasteiger partial charge is 0.252 e. The topological polar surface area (TPSA) is 29.1 Å². The Labute approximate surface area is 113 Å². The Hall–Kier alpha value is -0.610. The zero-order valence-electron chi connectivity index (χ0n) is 9.05. The molecule has 0 aromatic heterocycles. The number of carbonyl (C=O) groups excluding carboxylic acids is 1.